The number of hydrogen-bond acceptors (Lipinski definition) is 15. The quantitative estimate of drug-likeness (QED) is 0.0222. The van der Waals surface area contributed by atoms with Crippen LogP contribution in [-0.2, 0) is 65.4 Å². The Balaban J connectivity index is 5.26. The van der Waals surface area contributed by atoms with Gasteiger partial charge in [-0.05, 0) is 31.6 Å². The summed E-state index contributed by atoms with van der Waals surface area (Å²) in [5, 5.41) is 10.6. The summed E-state index contributed by atoms with van der Waals surface area (Å²) in [6.45, 7) is 7.30. The van der Waals surface area contributed by atoms with Gasteiger partial charge in [-0.1, -0.05) is 362 Å². The molecule has 0 amide bonds. The first-order chi connectivity index (χ1) is 47.0. The van der Waals surface area contributed by atoms with Gasteiger partial charge in [-0.25, -0.2) is 9.13 Å². The van der Waals surface area contributed by atoms with E-state index in [9.17, 15) is 43.2 Å². The van der Waals surface area contributed by atoms with E-state index in [1.165, 1.54) is 238 Å². The Kier molecular flexibility index (Phi) is 69.6. The molecular weight excluding hydrogens is 1270 g/mol. The Morgan fingerprint density at radius 3 is 0.701 bits per heavy atom. The number of phosphoric acid groups is 2. The monoisotopic (exact) mass is 1420 g/mol. The van der Waals surface area contributed by atoms with Crippen LogP contribution in [0.5, 0.6) is 0 Å². The van der Waals surface area contributed by atoms with Crippen molar-refractivity contribution in [1.82, 2.24) is 0 Å². The predicted molar refractivity (Wildman–Crippen MR) is 395 cm³/mol. The van der Waals surface area contributed by atoms with Gasteiger partial charge < -0.3 is 33.8 Å². The molecule has 0 heterocycles. The summed E-state index contributed by atoms with van der Waals surface area (Å²) in [6, 6.07) is 0. The van der Waals surface area contributed by atoms with Crippen LogP contribution < -0.4 is 0 Å². The summed E-state index contributed by atoms with van der Waals surface area (Å²) < 4.78 is 68.6. The highest BCUT2D eigenvalue weighted by Gasteiger charge is 2.30. The zero-order chi connectivity index (χ0) is 71.2. The minimum absolute atomic E-state index is 0.108. The second-order valence-corrected chi connectivity index (χ2v) is 31.5. The van der Waals surface area contributed by atoms with Gasteiger partial charge in [-0.15, -0.1) is 0 Å². The van der Waals surface area contributed by atoms with Crippen LogP contribution in [0.3, 0.4) is 0 Å². The molecule has 0 spiro atoms. The van der Waals surface area contributed by atoms with E-state index >= 15 is 0 Å². The highest BCUT2D eigenvalue weighted by molar-refractivity contribution is 7.47. The molecule has 3 N–H and O–H groups in total. The maximum Gasteiger partial charge on any atom is 0.472 e. The summed E-state index contributed by atoms with van der Waals surface area (Å²) >= 11 is 0. The second-order valence-electron chi connectivity index (χ2n) is 28.6. The van der Waals surface area contributed by atoms with Crippen LogP contribution >= 0.6 is 15.6 Å². The third kappa shape index (κ3) is 72.2. The van der Waals surface area contributed by atoms with Crippen molar-refractivity contribution < 1.29 is 80.2 Å². The lowest BCUT2D eigenvalue weighted by Gasteiger charge is -2.21. The molecule has 5 atom stereocenters. The normalized spacial score (nSPS) is 13.9. The van der Waals surface area contributed by atoms with Crippen LogP contribution in [0, 0.1) is 5.92 Å². The van der Waals surface area contributed by atoms with Gasteiger partial charge in [0, 0.05) is 25.7 Å². The van der Waals surface area contributed by atoms with Crippen LogP contribution in [0.4, 0.5) is 0 Å². The van der Waals surface area contributed by atoms with E-state index in [4.69, 9.17) is 37.0 Å². The maximum atomic E-state index is 13.1. The molecule has 0 aliphatic carbocycles. The molecule has 17 nitrogen and oxygen atoms in total. The molecule has 576 valence electrons. The highest BCUT2D eigenvalue weighted by Crippen LogP contribution is 2.45. The topological polar surface area (TPSA) is 237 Å². The zero-order valence-electron chi connectivity index (χ0n) is 63.2. The third-order valence-corrected chi connectivity index (χ3v) is 20.2. The molecule has 0 aliphatic heterocycles. The van der Waals surface area contributed by atoms with Gasteiger partial charge in [-0.2, -0.15) is 0 Å². The molecule has 0 radical (unpaired) electrons. The van der Waals surface area contributed by atoms with Crippen molar-refractivity contribution in [1.29, 1.82) is 0 Å². The van der Waals surface area contributed by atoms with Crippen molar-refractivity contribution in [3.63, 3.8) is 0 Å². The SMILES string of the molecule is CCCCCCCCCCCCCCCCCCC(=O)OC[C@H](COP(=O)(O)OC[C@@H](O)COP(=O)(O)OC[C@@H](COC(=O)CCCCCCCCCCCC(C)C)OC(=O)CCCCCCCCCCCCCCC)OC(=O)CCCCCCCCCCCCCCCCCC. The number of phosphoric ester groups is 2. The summed E-state index contributed by atoms with van der Waals surface area (Å²) in [5.41, 5.74) is 0. The second kappa shape index (κ2) is 71.1. The first-order valence-corrected chi connectivity index (χ1v) is 43.6. The number of aliphatic hydroxyl groups is 1. The lowest BCUT2D eigenvalue weighted by Crippen LogP contribution is -2.30. The van der Waals surface area contributed by atoms with Gasteiger partial charge in [0.05, 0.1) is 26.4 Å². The van der Waals surface area contributed by atoms with Gasteiger partial charge in [0.2, 0.25) is 0 Å². The zero-order valence-corrected chi connectivity index (χ0v) is 65.0. The van der Waals surface area contributed by atoms with Crippen molar-refractivity contribution in [3.05, 3.63) is 0 Å². The van der Waals surface area contributed by atoms with Crippen LogP contribution in [0.1, 0.15) is 413 Å². The van der Waals surface area contributed by atoms with Crippen LogP contribution in [-0.4, -0.2) is 96.7 Å². The van der Waals surface area contributed by atoms with Gasteiger partial charge in [0.1, 0.15) is 19.3 Å². The fraction of sp³-hybridized carbons (Fsp3) is 0.949. The van der Waals surface area contributed by atoms with Crippen LogP contribution in [0.15, 0.2) is 0 Å². The fourth-order valence-corrected chi connectivity index (χ4v) is 13.6. The first kappa shape index (κ1) is 95.1. The largest absolute Gasteiger partial charge is 0.472 e. The Morgan fingerprint density at radius 1 is 0.278 bits per heavy atom. The van der Waals surface area contributed by atoms with E-state index in [0.717, 1.165) is 95.8 Å². The van der Waals surface area contributed by atoms with E-state index in [1.54, 1.807) is 0 Å². The standard InChI is InChI=1S/C78H152O17P2/c1-6-9-12-15-18-21-24-27-29-31-34-36-41-46-51-56-61-75(80)88-67-73(94-78(83)64-59-54-49-43-38-35-32-30-28-25-22-19-16-13-10-7-2)69-92-96(84,85)90-65-72(79)66-91-97(86,87)93-70-74(68-89-76(81)62-57-52-47-44-39-40-45-50-55-60-71(4)5)95-77(82)63-58-53-48-42-37-33-26-23-20-17-14-11-8-3/h71-74,79H,6-70H2,1-5H3,(H,84,85)(H,86,87)/t72-,73-,74-/m1/s1. The van der Waals surface area contributed by atoms with E-state index in [2.05, 4.69) is 34.6 Å². The number of carbonyl (C=O) groups excluding carboxylic acids is 4. The smallest absolute Gasteiger partial charge is 0.462 e. The number of aliphatic hydroxyl groups excluding tert-OH is 1. The molecule has 0 aromatic carbocycles. The third-order valence-electron chi connectivity index (χ3n) is 18.3. The number of esters is 4. The lowest BCUT2D eigenvalue weighted by atomic mass is 10.0. The minimum Gasteiger partial charge on any atom is -0.462 e. The molecule has 0 aromatic heterocycles. The molecule has 0 rings (SSSR count). The van der Waals surface area contributed by atoms with Gasteiger partial charge in [-0.3, -0.25) is 37.3 Å². The Labute approximate surface area is 594 Å². The first-order valence-electron chi connectivity index (χ1n) is 40.6. The van der Waals surface area contributed by atoms with Crippen molar-refractivity contribution in [2.45, 2.75) is 432 Å². The predicted octanol–water partition coefficient (Wildman–Crippen LogP) is 23.3. The maximum absolute atomic E-state index is 13.1. The summed E-state index contributed by atoms with van der Waals surface area (Å²) in [7, 11) is -9.91. The van der Waals surface area contributed by atoms with E-state index < -0.39 is 97.5 Å². The number of ether oxygens (including phenoxy) is 4. The summed E-state index contributed by atoms with van der Waals surface area (Å²) in [6.07, 6.45) is 60.9. The van der Waals surface area contributed by atoms with E-state index in [-0.39, 0.29) is 25.7 Å². The Bertz CT molecular complexity index is 1860. The molecule has 19 heteroatoms. The average molecular weight is 1420 g/mol. The average Bonchev–Trinajstić information content (AvgIpc) is 3.30. The molecule has 0 fully saturated rings. The lowest BCUT2D eigenvalue weighted by molar-refractivity contribution is -0.161. The van der Waals surface area contributed by atoms with Crippen molar-refractivity contribution in [2.24, 2.45) is 5.92 Å². The Morgan fingerprint density at radius 2 is 0.474 bits per heavy atom. The number of carbonyl (C=O) groups is 4. The molecule has 0 saturated carbocycles. The van der Waals surface area contributed by atoms with Crippen LogP contribution in [0.25, 0.3) is 0 Å². The van der Waals surface area contributed by atoms with Gasteiger partial charge in [0.15, 0.2) is 12.2 Å². The van der Waals surface area contributed by atoms with Gasteiger partial charge in [0.25, 0.3) is 0 Å². The molecule has 0 aliphatic rings. The molecule has 2 unspecified atom stereocenters. The van der Waals surface area contributed by atoms with Crippen molar-refractivity contribution >= 4 is 39.5 Å². The Hall–Kier alpha value is -1.94. The molecule has 0 bridgehead atoms. The summed E-state index contributed by atoms with van der Waals surface area (Å²) in [4.78, 5) is 72.9. The fourth-order valence-electron chi connectivity index (χ4n) is 12.1. The molecular formula is C78H152O17P2. The molecule has 0 aromatic rings. The summed E-state index contributed by atoms with van der Waals surface area (Å²) in [5.74, 6) is -1.36. The number of rotatable bonds is 78. The van der Waals surface area contributed by atoms with E-state index in [0.29, 0.717) is 25.7 Å². The van der Waals surface area contributed by atoms with Crippen molar-refractivity contribution in [2.75, 3.05) is 39.6 Å². The molecule has 0 saturated heterocycles. The van der Waals surface area contributed by atoms with Gasteiger partial charge >= 0.3 is 39.5 Å². The van der Waals surface area contributed by atoms with Crippen LogP contribution in [0.2, 0.25) is 0 Å². The number of hydrogen-bond donors (Lipinski definition) is 3. The highest BCUT2D eigenvalue weighted by atomic mass is 31.2. The number of unbranched alkanes of at least 4 members (excludes halogenated alkanes) is 50. The minimum atomic E-state index is -4.96. The van der Waals surface area contributed by atoms with Crippen molar-refractivity contribution in [3.8, 4) is 0 Å². The van der Waals surface area contributed by atoms with E-state index in [1.807, 2.05) is 0 Å². The molecule has 97 heavy (non-hydrogen) atoms.